The molecule has 0 radical (unpaired) electrons. The molecule has 0 aliphatic carbocycles. The van der Waals surface area contributed by atoms with Gasteiger partial charge in [-0.3, -0.25) is 0 Å². The third-order valence-corrected chi connectivity index (χ3v) is 3.35. The lowest BCUT2D eigenvalue weighted by Crippen LogP contribution is -2.19. The highest BCUT2D eigenvalue weighted by Crippen LogP contribution is 2.22. The Morgan fingerprint density at radius 2 is 2.36 bits per heavy atom. The largest absolute Gasteiger partial charge is 0.384 e. The predicted octanol–water partition coefficient (Wildman–Crippen LogP) is 0.974. The molecule has 1 saturated heterocycles. The summed E-state index contributed by atoms with van der Waals surface area (Å²) in [5, 5.41) is 4.17. The minimum Gasteiger partial charge on any atom is -0.384 e. The Kier molecular flexibility index (Phi) is 4.26. The molecule has 0 amide bonds. The van der Waals surface area contributed by atoms with Crippen LogP contribution in [0.3, 0.4) is 0 Å². The molecule has 66 valence electrons. The number of rotatable bonds is 4. The Balaban J connectivity index is 2.25. The maximum Gasteiger partial charge on any atom is 0.0513 e. The summed E-state index contributed by atoms with van der Waals surface area (Å²) in [6.07, 6.45) is 0. The van der Waals surface area contributed by atoms with Crippen LogP contribution < -0.4 is 5.32 Å². The second-order valence-corrected chi connectivity index (χ2v) is 4.38. The smallest absolute Gasteiger partial charge is 0.0513 e. The number of nitrogens with one attached hydrogen (secondary N) is 1. The number of hydrogen-bond donors (Lipinski definition) is 1. The molecule has 2 nitrogen and oxygen atoms in total. The molecule has 0 aromatic rings. The number of hydrogen-bond acceptors (Lipinski definition) is 3. The lowest BCUT2D eigenvalue weighted by Gasteiger charge is -2.15. The van der Waals surface area contributed by atoms with Crippen LogP contribution in [0.5, 0.6) is 0 Å². The summed E-state index contributed by atoms with van der Waals surface area (Å²) in [5.74, 6) is 1.94. The molecule has 1 N–H and O–H groups in total. The van der Waals surface area contributed by atoms with E-state index in [9.17, 15) is 0 Å². The van der Waals surface area contributed by atoms with Crippen LogP contribution in [-0.2, 0) is 4.74 Å². The quantitative estimate of drug-likeness (QED) is 0.688. The predicted molar refractivity (Wildman–Crippen MR) is 50.2 cm³/mol. The molecule has 11 heavy (non-hydrogen) atoms. The van der Waals surface area contributed by atoms with Crippen molar-refractivity contribution in [2.45, 2.75) is 12.2 Å². The topological polar surface area (TPSA) is 21.3 Å². The van der Waals surface area contributed by atoms with Gasteiger partial charge in [-0.15, -0.1) is 0 Å². The molecule has 2 atom stereocenters. The molecule has 1 fully saturated rings. The van der Waals surface area contributed by atoms with Crippen molar-refractivity contribution < 1.29 is 4.74 Å². The van der Waals surface area contributed by atoms with Crippen LogP contribution in [0.4, 0.5) is 0 Å². The van der Waals surface area contributed by atoms with Crippen LogP contribution in [0.2, 0.25) is 0 Å². The second kappa shape index (κ2) is 5.01. The summed E-state index contributed by atoms with van der Waals surface area (Å²) >= 11 is 2.04. The monoisotopic (exact) mass is 175 g/mol. The van der Waals surface area contributed by atoms with Crippen LogP contribution in [-0.4, -0.2) is 37.8 Å². The van der Waals surface area contributed by atoms with Crippen LogP contribution >= 0.6 is 11.8 Å². The van der Waals surface area contributed by atoms with Gasteiger partial charge in [-0.25, -0.2) is 0 Å². The van der Waals surface area contributed by atoms with Gasteiger partial charge >= 0.3 is 0 Å². The highest BCUT2D eigenvalue weighted by Gasteiger charge is 2.26. The Labute approximate surface area is 73.1 Å². The number of ether oxygens (including phenoxy) is 1. The van der Waals surface area contributed by atoms with Crippen LogP contribution in [0, 0.1) is 5.92 Å². The fraction of sp³-hybridized carbons (Fsp3) is 1.00. The first-order chi connectivity index (χ1) is 5.38. The van der Waals surface area contributed by atoms with E-state index >= 15 is 0 Å². The molecule has 2 unspecified atom stereocenters. The van der Waals surface area contributed by atoms with Crippen molar-refractivity contribution >= 4 is 11.8 Å². The van der Waals surface area contributed by atoms with E-state index in [1.165, 1.54) is 5.75 Å². The zero-order chi connectivity index (χ0) is 8.10. The standard InChI is InChI=1S/C8H17NOS/c1-3-11-8-5-9-4-7(8)6-10-2/h7-9H,3-6H2,1-2H3. The van der Waals surface area contributed by atoms with Gasteiger partial charge in [-0.2, -0.15) is 11.8 Å². The van der Waals surface area contributed by atoms with Gasteiger partial charge in [0, 0.05) is 31.4 Å². The summed E-state index contributed by atoms with van der Waals surface area (Å²) in [7, 11) is 1.78. The molecule has 0 aromatic carbocycles. The summed E-state index contributed by atoms with van der Waals surface area (Å²) in [4.78, 5) is 0. The van der Waals surface area contributed by atoms with E-state index in [4.69, 9.17) is 4.74 Å². The summed E-state index contributed by atoms with van der Waals surface area (Å²) in [6, 6.07) is 0. The van der Waals surface area contributed by atoms with E-state index in [1.807, 2.05) is 11.8 Å². The van der Waals surface area contributed by atoms with E-state index in [0.29, 0.717) is 0 Å². The Hall–Kier alpha value is 0.270. The highest BCUT2D eigenvalue weighted by molar-refractivity contribution is 7.99. The molecular weight excluding hydrogens is 158 g/mol. The van der Waals surface area contributed by atoms with Gasteiger partial charge in [0.2, 0.25) is 0 Å². The first-order valence-corrected chi connectivity index (χ1v) is 5.24. The summed E-state index contributed by atoms with van der Waals surface area (Å²) in [5.41, 5.74) is 0. The Morgan fingerprint density at radius 1 is 1.55 bits per heavy atom. The van der Waals surface area contributed by atoms with Crippen molar-refractivity contribution in [3.63, 3.8) is 0 Å². The Bertz CT molecular complexity index is 98.3. The molecule has 1 aliphatic rings. The van der Waals surface area contributed by atoms with Gasteiger partial charge in [0.25, 0.3) is 0 Å². The third-order valence-electron chi connectivity index (χ3n) is 2.04. The van der Waals surface area contributed by atoms with Crippen LogP contribution in [0.1, 0.15) is 6.92 Å². The maximum atomic E-state index is 5.15. The average Bonchev–Trinajstić information content (AvgIpc) is 2.39. The minimum absolute atomic E-state index is 0.727. The van der Waals surface area contributed by atoms with Crippen molar-refractivity contribution in [3.05, 3.63) is 0 Å². The summed E-state index contributed by atoms with van der Waals surface area (Å²) in [6.45, 7) is 5.41. The van der Waals surface area contributed by atoms with Gasteiger partial charge in [0.05, 0.1) is 6.61 Å². The fourth-order valence-electron chi connectivity index (χ4n) is 1.50. The summed E-state index contributed by atoms with van der Waals surface area (Å²) < 4.78 is 5.15. The molecule has 0 bridgehead atoms. The fourth-order valence-corrected chi connectivity index (χ4v) is 2.61. The lowest BCUT2D eigenvalue weighted by atomic mass is 10.1. The molecule has 1 heterocycles. The van der Waals surface area contributed by atoms with Gasteiger partial charge < -0.3 is 10.1 Å². The van der Waals surface area contributed by atoms with Gasteiger partial charge in [-0.1, -0.05) is 6.92 Å². The molecular formula is C8H17NOS. The zero-order valence-electron chi connectivity index (χ0n) is 7.30. The van der Waals surface area contributed by atoms with Crippen molar-refractivity contribution in [1.82, 2.24) is 5.32 Å². The molecule has 0 spiro atoms. The molecule has 0 saturated carbocycles. The first-order valence-electron chi connectivity index (χ1n) is 4.19. The van der Waals surface area contributed by atoms with Crippen molar-refractivity contribution in [2.75, 3.05) is 32.6 Å². The Morgan fingerprint density at radius 3 is 3.00 bits per heavy atom. The van der Waals surface area contributed by atoms with Crippen LogP contribution in [0.15, 0.2) is 0 Å². The van der Waals surface area contributed by atoms with Gasteiger partial charge in [0.15, 0.2) is 0 Å². The molecule has 1 aliphatic heterocycles. The van der Waals surface area contributed by atoms with E-state index in [-0.39, 0.29) is 0 Å². The third kappa shape index (κ3) is 2.65. The lowest BCUT2D eigenvalue weighted by molar-refractivity contribution is 0.162. The number of thioether (sulfide) groups is 1. The van der Waals surface area contributed by atoms with Crippen molar-refractivity contribution in [1.29, 1.82) is 0 Å². The molecule has 1 rings (SSSR count). The minimum atomic E-state index is 0.727. The van der Waals surface area contributed by atoms with E-state index in [1.54, 1.807) is 7.11 Å². The van der Waals surface area contributed by atoms with Crippen molar-refractivity contribution in [2.24, 2.45) is 5.92 Å². The van der Waals surface area contributed by atoms with Gasteiger partial charge in [-0.05, 0) is 5.75 Å². The molecule has 3 heteroatoms. The highest BCUT2D eigenvalue weighted by atomic mass is 32.2. The average molecular weight is 175 g/mol. The maximum absolute atomic E-state index is 5.15. The van der Waals surface area contributed by atoms with Gasteiger partial charge in [0.1, 0.15) is 0 Å². The van der Waals surface area contributed by atoms with E-state index in [2.05, 4.69) is 12.2 Å². The second-order valence-electron chi connectivity index (χ2n) is 2.87. The van der Waals surface area contributed by atoms with E-state index in [0.717, 1.165) is 30.9 Å². The first kappa shape index (κ1) is 9.36. The number of methoxy groups -OCH3 is 1. The van der Waals surface area contributed by atoms with Crippen LogP contribution in [0.25, 0.3) is 0 Å². The normalized spacial score (nSPS) is 31.1. The molecule has 0 aromatic heterocycles. The van der Waals surface area contributed by atoms with Crippen molar-refractivity contribution in [3.8, 4) is 0 Å². The zero-order valence-corrected chi connectivity index (χ0v) is 8.12. The SMILES string of the molecule is CCSC1CNCC1COC. The van der Waals surface area contributed by atoms with E-state index < -0.39 is 0 Å².